The van der Waals surface area contributed by atoms with Crippen LogP contribution in [0, 0.1) is 0 Å². The van der Waals surface area contributed by atoms with Crippen LogP contribution >= 0.6 is 0 Å². The maximum absolute atomic E-state index is 12.6. The minimum Gasteiger partial charge on any atom is -0.488 e. The van der Waals surface area contributed by atoms with Crippen LogP contribution in [0.15, 0.2) is 73.3 Å². The van der Waals surface area contributed by atoms with Gasteiger partial charge in [0.2, 0.25) is 6.29 Å². The van der Waals surface area contributed by atoms with E-state index in [0.29, 0.717) is 47.5 Å². The molecule has 0 aliphatic rings. The minimum absolute atomic E-state index is 0.127. The lowest BCUT2D eigenvalue weighted by Crippen LogP contribution is -2.32. The summed E-state index contributed by atoms with van der Waals surface area (Å²) in [5, 5.41) is 10.4. The topological polar surface area (TPSA) is 108 Å². The van der Waals surface area contributed by atoms with Crippen molar-refractivity contribution in [2.45, 2.75) is 64.4 Å². The first-order valence-electron chi connectivity index (χ1n) is 12.2. The smallest absolute Gasteiger partial charge is 0.343 e. The molecule has 3 unspecified atom stereocenters. The number of aldehydes is 1. The summed E-state index contributed by atoms with van der Waals surface area (Å²) in [7, 11) is 0. The van der Waals surface area contributed by atoms with Crippen molar-refractivity contribution in [3.05, 3.63) is 78.9 Å². The summed E-state index contributed by atoms with van der Waals surface area (Å²) in [5.41, 5.74) is 0.612. The minimum atomic E-state index is -0.875. The van der Waals surface area contributed by atoms with Crippen molar-refractivity contribution in [3.63, 3.8) is 0 Å². The van der Waals surface area contributed by atoms with E-state index in [2.05, 4.69) is 13.2 Å². The fourth-order valence-corrected chi connectivity index (χ4v) is 3.37. The number of rotatable bonds is 16. The Labute approximate surface area is 217 Å². The first kappa shape index (κ1) is 29.3. The second-order valence-corrected chi connectivity index (χ2v) is 8.35. The summed E-state index contributed by atoms with van der Waals surface area (Å²) in [6.45, 7) is 10.9. The third kappa shape index (κ3) is 9.93. The van der Waals surface area contributed by atoms with Crippen molar-refractivity contribution in [2.24, 2.45) is 0 Å². The van der Waals surface area contributed by atoms with Crippen LogP contribution in [0.3, 0.4) is 0 Å². The number of esters is 2. The molecule has 0 radical (unpaired) electrons. The molecule has 37 heavy (non-hydrogen) atoms. The van der Waals surface area contributed by atoms with Gasteiger partial charge in [0.05, 0.1) is 11.7 Å². The highest BCUT2D eigenvalue weighted by Crippen LogP contribution is 2.23. The molecule has 0 aliphatic carbocycles. The lowest BCUT2D eigenvalue weighted by Gasteiger charge is -2.24. The van der Waals surface area contributed by atoms with E-state index in [1.54, 1.807) is 48.5 Å². The SMILES string of the molecule is C=CC(=O)OC(CCC)Oc1ccc(OC(=O)c2ccc(OC(CCC)C(O)CC(=C)C=O)cc2)cc1. The Balaban J connectivity index is 1.97. The van der Waals surface area contributed by atoms with Gasteiger partial charge in [-0.1, -0.05) is 33.4 Å². The average molecular weight is 511 g/mol. The highest BCUT2D eigenvalue weighted by atomic mass is 16.7. The Morgan fingerprint density at radius 3 is 2.05 bits per heavy atom. The van der Waals surface area contributed by atoms with E-state index >= 15 is 0 Å². The van der Waals surface area contributed by atoms with Gasteiger partial charge in [-0.25, -0.2) is 9.59 Å². The third-order valence-corrected chi connectivity index (χ3v) is 5.26. The summed E-state index contributed by atoms with van der Waals surface area (Å²) in [5.74, 6) is 0.121. The molecular formula is C29H34O8. The molecule has 0 aliphatic heterocycles. The number of aliphatic hydroxyl groups excluding tert-OH is 1. The number of ether oxygens (including phenoxy) is 4. The summed E-state index contributed by atoms with van der Waals surface area (Å²) >= 11 is 0. The first-order valence-corrected chi connectivity index (χ1v) is 12.2. The summed E-state index contributed by atoms with van der Waals surface area (Å²) in [6.07, 6.45) is 2.33. The fourth-order valence-electron chi connectivity index (χ4n) is 3.37. The van der Waals surface area contributed by atoms with Gasteiger partial charge in [0, 0.05) is 18.9 Å². The van der Waals surface area contributed by atoms with Crippen molar-refractivity contribution in [1.29, 1.82) is 0 Å². The van der Waals surface area contributed by atoms with Crippen molar-refractivity contribution in [2.75, 3.05) is 0 Å². The van der Waals surface area contributed by atoms with E-state index in [4.69, 9.17) is 18.9 Å². The van der Waals surface area contributed by atoms with Gasteiger partial charge in [-0.2, -0.15) is 0 Å². The van der Waals surface area contributed by atoms with Gasteiger partial charge in [0.15, 0.2) is 0 Å². The second-order valence-electron chi connectivity index (χ2n) is 8.35. The van der Waals surface area contributed by atoms with Crippen LogP contribution in [0.5, 0.6) is 17.2 Å². The van der Waals surface area contributed by atoms with Gasteiger partial charge in [0.1, 0.15) is 29.6 Å². The van der Waals surface area contributed by atoms with E-state index in [1.807, 2.05) is 13.8 Å². The number of hydrogen-bond acceptors (Lipinski definition) is 8. The molecule has 0 saturated carbocycles. The molecule has 2 aromatic carbocycles. The van der Waals surface area contributed by atoms with Crippen molar-refractivity contribution >= 4 is 18.2 Å². The monoisotopic (exact) mass is 510 g/mol. The van der Waals surface area contributed by atoms with Crippen LogP contribution in [0.25, 0.3) is 0 Å². The molecule has 1 N–H and O–H groups in total. The summed E-state index contributed by atoms with van der Waals surface area (Å²) in [6, 6.07) is 12.8. The molecule has 0 heterocycles. The van der Waals surface area contributed by atoms with E-state index in [0.717, 1.165) is 18.9 Å². The molecule has 8 nitrogen and oxygen atoms in total. The van der Waals surface area contributed by atoms with E-state index in [9.17, 15) is 19.5 Å². The van der Waals surface area contributed by atoms with Gasteiger partial charge in [-0.3, -0.25) is 4.79 Å². The summed E-state index contributed by atoms with van der Waals surface area (Å²) in [4.78, 5) is 34.9. The normalized spacial score (nSPS) is 12.9. The quantitative estimate of drug-likeness (QED) is 0.108. The summed E-state index contributed by atoms with van der Waals surface area (Å²) < 4.78 is 22.2. The molecule has 8 heteroatoms. The number of benzene rings is 2. The zero-order valence-electron chi connectivity index (χ0n) is 21.3. The highest BCUT2D eigenvalue weighted by molar-refractivity contribution is 5.91. The molecule has 0 amide bonds. The fraction of sp³-hybridized carbons (Fsp3) is 0.345. The van der Waals surface area contributed by atoms with Crippen LogP contribution in [0.2, 0.25) is 0 Å². The van der Waals surface area contributed by atoms with Crippen molar-refractivity contribution in [1.82, 2.24) is 0 Å². The average Bonchev–Trinajstić information content (AvgIpc) is 2.89. The Kier molecular flexibility index (Phi) is 12.1. The van der Waals surface area contributed by atoms with Crippen molar-refractivity contribution < 1.29 is 38.4 Å². The molecule has 0 saturated heterocycles. The van der Waals surface area contributed by atoms with Gasteiger partial charge in [-0.05, 0) is 66.9 Å². The molecule has 0 spiro atoms. The van der Waals surface area contributed by atoms with E-state index in [1.165, 1.54) is 0 Å². The Hall–Kier alpha value is -3.91. The molecule has 198 valence electrons. The first-order chi connectivity index (χ1) is 17.8. The molecule has 0 bridgehead atoms. The van der Waals surface area contributed by atoms with Crippen LogP contribution in [-0.2, 0) is 14.3 Å². The molecule has 0 aromatic heterocycles. The molecular weight excluding hydrogens is 476 g/mol. The molecule has 2 rings (SSSR count). The zero-order chi connectivity index (χ0) is 27.2. The van der Waals surface area contributed by atoms with Crippen molar-refractivity contribution in [3.8, 4) is 17.2 Å². The van der Waals surface area contributed by atoms with E-state index < -0.39 is 30.4 Å². The number of carbonyl (C=O) groups excluding carboxylic acids is 3. The third-order valence-electron chi connectivity index (χ3n) is 5.26. The maximum Gasteiger partial charge on any atom is 0.343 e. The van der Waals surface area contributed by atoms with E-state index in [-0.39, 0.29) is 6.42 Å². The van der Waals surface area contributed by atoms with Gasteiger partial charge in [0.25, 0.3) is 0 Å². The molecule has 0 fully saturated rings. The zero-order valence-corrected chi connectivity index (χ0v) is 21.3. The lowest BCUT2D eigenvalue weighted by atomic mass is 10.0. The number of hydrogen-bond donors (Lipinski definition) is 1. The van der Waals surface area contributed by atoms with Gasteiger partial charge < -0.3 is 24.1 Å². The lowest BCUT2D eigenvalue weighted by molar-refractivity contribution is -0.158. The van der Waals surface area contributed by atoms with Crippen LogP contribution in [0.1, 0.15) is 56.3 Å². The highest BCUT2D eigenvalue weighted by Gasteiger charge is 2.21. The predicted molar refractivity (Wildman–Crippen MR) is 139 cm³/mol. The largest absolute Gasteiger partial charge is 0.488 e. The van der Waals surface area contributed by atoms with Crippen LogP contribution in [-0.4, -0.2) is 41.8 Å². The van der Waals surface area contributed by atoms with Gasteiger partial charge >= 0.3 is 11.9 Å². The Bertz CT molecular complexity index is 1040. The maximum atomic E-state index is 12.6. The molecule has 3 atom stereocenters. The van der Waals surface area contributed by atoms with Crippen LogP contribution in [0.4, 0.5) is 0 Å². The Morgan fingerprint density at radius 2 is 1.49 bits per heavy atom. The van der Waals surface area contributed by atoms with Crippen LogP contribution < -0.4 is 14.2 Å². The predicted octanol–water partition coefficient (Wildman–Crippen LogP) is 5.19. The number of aliphatic hydroxyl groups is 1. The molecule has 2 aromatic rings. The standard InChI is InChI=1S/C29H34O8/c1-5-8-26(25(31)18-20(4)19-30)34-22-12-10-21(11-13-22)29(33)36-24-16-14-23(15-17-24)35-28(9-6-2)37-27(32)7-3/h7,10-17,19,25-26,28,31H,3-6,8-9,18H2,1-2H3. The number of carbonyl (C=O) groups is 3. The Morgan fingerprint density at radius 1 is 0.919 bits per heavy atom. The van der Waals surface area contributed by atoms with Gasteiger partial charge in [-0.15, -0.1) is 0 Å². The second kappa shape index (κ2) is 15.3.